The molecule has 0 unspecified atom stereocenters. The maximum Gasteiger partial charge on any atom is 0.251 e. The third kappa shape index (κ3) is 2.51. The molecule has 0 radical (unpaired) electrons. The molecule has 102 valence electrons. The highest BCUT2D eigenvalue weighted by molar-refractivity contribution is 5.93. The van der Waals surface area contributed by atoms with E-state index in [1.807, 2.05) is 12.1 Å². The van der Waals surface area contributed by atoms with Crippen molar-refractivity contribution in [2.75, 3.05) is 46.3 Å². The number of benzene rings is 1. The number of carbonyl (C=O) groups excluding carboxylic acids is 1. The Morgan fingerprint density at radius 1 is 1.16 bits per heavy atom. The van der Waals surface area contributed by atoms with Crippen LogP contribution in [0.5, 0.6) is 0 Å². The molecule has 3 aliphatic rings. The van der Waals surface area contributed by atoms with E-state index in [2.05, 4.69) is 22.3 Å². The zero-order valence-corrected chi connectivity index (χ0v) is 11.6. The zero-order valence-electron chi connectivity index (χ0n) is 11.6. The van der Waals surface area contributed by atoms with Crippen molar-refractivity contribution in [1.82, 2.24) is 10.2 Å². The fourth-order valence-corrected chi connectivity index (χ4v) is 3.26. The summed E-state index contributed by atoms with van der Waals surface area (Å²) in [6.07, 6.45) is 0. The molecule has 4 nitrogen and oxygen atoms in total. The Labute approximate surface area is 114 Å². The Kier molecular flexibility index (Phi) is 3.29. The van der Waals surface area contributed by atoms with Crippen molar-refractivity contribution in [1.29, 1.82) is 0 Å². The van der Waals surface area contributed by atoms with Crippen LogP contribution in [0.1, 0.15) is 15.9 Å². The summed E-state index contributed by atoms with van der Waals surface area (Å²) in [5.41, 5.74) is 2.10. The lowest BCUT2D eigenvalue weighted by atomic mass is 10.1. The van der Waals surface area contributed by atoms with Crippen molar-refractivity contribution in [2.45, 2.75) is 6.54 Å². The molecule has 4 rings (SSSR count). The molecule has 0 aromatic heterocycles. The van der Waals surface area contributed by atoms with Gasteiger partial charge >= 0.3 is 0 Å². The number of hydrogen-bond acceptors (Lipinski definition) is 2. The fourth-order valence-electron chi connectivity index (χ4n) is 3.26. The van der Waals surface area contributed by atoms with Crippen LogP contribution in [-0.2, 0) is 6.54 Å². The van der Waals surface area contributed by atoms with Crippen molar-refractivity contribution in [3.8, 4) is 0 Å². The normalized spacial score (nSPS) is 29.2. The van der Waals surface area contributed by atoms with Crippen LogP contribution in [-0.4, -0.2) is 61.6 Å². The lowest BCUT2D eigenvalue weighted by Gasteiger charge is -2.50. The van der Waals surface area contributed by atoms with Gasteiger partial charge in [-0.1, -0.05) is 12.1 Å². The summed E-state index contributed by atoms with van der Waals surface area (Å²) in [5.74, 6) is -0.00909. The molecule has 1 amide bonds. The van der Waals surface area contributed by atoms with E-state index in [4.69, 9.17) is 0 Å². The molecule has 0 aliphatic carbocycles. The maximum atomic E-state index is 11.5. The number of nitrogens with one attached hydrogen (secondary N) is 1. The predicted octanol–water partition coefficient (Wildman–Crippen LogP) is 0.692. The Bertz CT molecular complexity index is 447. The molecule has 19 heavy (non-hydrogen) atoms. The van der Waals surface area contributed by atoms with Crippen LogP contribution in [0.3, 0.4) is 0 Å². The quantitative estimate of drug-likeness (QED) is 0.811. The first-order valence-electron chi connectivity index (χ1n) is 7.09. The molecule has 0 saturated carbocycles. The van der Waals surface area contributed by atoms with Gasteiger partial charge < -0.3 is 9.80 Å². The zero-order chi connectivity index (χ0) is 13.3. The van der Waals surface area contributed by atoms with Gasteiger partial charge in [0.05, 0.1) is 19.6 Å². The topological polar surface area (TPSA) is 32.3 Å². The predicted molar refractivity (Wildman–Crippen MR) is 74.8 cm³/mol. The summed E-state index contributed by atoms with van der Waals surface area (Å²) in [6.45, 7) is 8.68. The van der Waals surface area contributed by atoms with Gasteiger partial charge in [-0.25, -0.2) is 0 Å². The minimum absolute atomic E-state index is 0.00909. The van der Waals surface area contributed by atoms with E-state index in [-0.39, 0.29) is 5.91 Å². The van der Waals surface area contributed by atoms with E-state index >= 15 is 0 Å². The first-order chi connectivity index (χ1) is 9.21. The van der Waals surface area contributed by atoms with E-state index in [1.54, 1.807) is 7.05 Å². The van der Waals surface area contributed by atoms with E-state index in [0.717, 1.165) is 12.1 Å². The second kappa shape index (κ2) is 4.94. The third-order valence-corrected chi connectivity index (χ3v) is 4.63. The number of amides is 1. The van der Waals surface area contributed by atoms with Gasteiger partial charge in [-0.15, -0.1) is 0 Å². The summed E-state index contributed by atoms with van der Waals surface area (Å²) in [7, 11) is 1.67. The first kappa shape index (κ1) is 12.6. The van der Waals surface area contributed by atoms with Gasteiger partial charge in [0, 0.05) is 37.8 Å². The van der Waals surface area contributed by atoms with E-state index in [9.17, 15) is 4.79 Å². The molecule has 1 N–H and O–H groups in total. The Morgan fingerprint density at radius 3 is 2.26 bits per heavy atom. The van der Waals surface area contributed by atoms with Crippen LogP contribution in [0.4, 0.5) is 0 Å². The number of fused-ring (bicyclic) bond motifs is 3. The molecule has 3 heterocycles. The van der Waals surface area contributed by atoms with Crippen LogP contribution in [0, 0.1) is 0 Å². The molecule has 0 atom stereocenters. The average Bonchev–Trinajstić information content (AvgIpc) is 2.49. The van der Waals surface area contributed by atoms with Crippen molar-refractivity contribution in [3.05, 3.63) is 35.4 Å². The second-order valence-electron chi connectivity index (χ2n) is 5.79. The molecular formula is C15H22N3O+. The van der Waals surface area contributed by atoms with Crippen molar-refractivity contribution in [3.63, 3.8) is 0 Å². The molecule has 2 bridgehead atoms. The van der Waals surface area contributed by atoms with Crippen LogP contribution < -0.4 is 5.32 Å². The third-order valence-electron chi connectivity index (χ3n) is 4.63. The minimum atomic E-state index is -0.00909. The van der Waals surface area contributed by atoms with Gasteiger partial charge in [-0.3, -0.25) is 9.69 Å². The first-order valence-corrected chi connectivity index (χ1v) is 7.09. The maximum absolute atomic E-state index is 11.5. The van der Waals surface area contributed by atoms with Gasteiger partial charge in [0.2, 0.25) is 0 Å². The highest BCUT2D eigenvalue weighted by Crippen LogP contribution is 2.23. The van der Waals surface area contributed by atoms with Crippen LogP contribution in [0.25, 0.3) is 0 Å². The number of piperazine rings is 3. The van der Waals surface area contributed by atoms with E-state index in [0.29, 0.717) is 0 Å². The van der Waals surface area contributed by atoms with Crippen molar-refractivity contribution < 1.29 is 9.28 Å². The molecular weight excluding hydrogens is 238 g/mol. The lowest BCUT2D eigenvalue weighted by molar-refractivity contribution is -0.953. The van der Waals surface area contributed by atoms with Gasteiger partial charge in [0.1, 0.15) is 6.54 Å². The van der Waals surface area contributed by atoms with Gasteiger partial charge in [-0.05, 0) is 12.1 Å². The summed E-state index contributed by atoms with van der Waals surface area (Å²) in [4.78, 5) is 14.1. The van der Waals surface area contributed by atoms with Crippen molar-refractivity contribution in [2.24, 2.45) is 0 Å². The standard InChI is InChI=1S/C15H21N3O/c1-16-15(19)14-4-2-13(3-5-14)12-18-9-6-17(7-10-18)8-11-18/h2-5H,6-12H2,1H3/p+1. The molecule has 3 saturated heterocycles. The van der Waals surface area contributed by atoms with Gasteiger partial charge in [0.15, 0.2) is 0 Å². The monoisotopic (exact) mass is 260 g/mol. The average molecular weight is 260 g/mol. The number of hydrogen-bond donors (Lipinski definition) is 1. The fraction of sp³-hybridized carbons (Fsp3) is 0.533. The molecule has 3 aliphatic heterocycles. The van der Waals surface area contributed by atoms with Crippen LogP contribution in [0.15, 0.2) is 24.3 Å². The van der Waals surface area contributed by atoms with Gasteiger partial charge in [-0.2, -0.15) is 0 Å². The highest BCUT2D eigenvalue weighted by Gasteiger charge is 2.38. The summed E-state index contributed by atoms with van der Waals surface area (Å²) in [5, 5.41) is 2.66. The van der Waals surface area contributed by atoms with Crippen molar-refractivity contribution >= 4 is 5.91 Å². The second-order valence-corrected chi connectivity index (χ2v) is 5.79. The molecule has 3 fully saturated rings. The van der Waals surface area contributed by atoms with Crippen LogP contribution >= 0.6 is 0 Å². The van der Waals surface area contributed by atoms with E-state index in [1.165, 1.54) is 49.3 Å². The van der Waals surface area contributed by atoms with E-state index < -0.39 is 0 Å². The molecule has 1 aromatic rings. The number of rotatable bonds is 3. The van der Waals surface area contributed by atoms with Crippen LogP contribution in [0.2, 0.25) is 0 Å². The summed E-state index contributed by atoms with van der Waals surface area (Å²) in [6, 6.07) is 8.09. The SMILES string of the molecule is CNC(=O)c1ccc(C[N+]23CCN(CC2)CC3)cc1. The smallest absolute Gasteiger partial charge is 0.251 e. The molecule has 1 aromatic carbocycles. The number of quaternary nitrogens is 1. The summed E-state index contributed by atoms with van der Waals surface area (Å²) < 4.78 is 1.23. The largest absolute Gasteiger partial charge is 0.355 e. The Hall–Kier alpha value is -1.39. The summed E-state index contributed by atoms with van der Waals surface area (Å²) >= 11 is 0. The van der Waals surface area contributed by atoms with Gasteiger partial charge in [0.25, 0.3) is 5.91 Å². The Balaban J connectivity index is 1.71. The number of carbonyl (C=O) groups is 1. The number of nitrogens with zero attached hydrogens (tertiary/aromatic N) is 2. The Morgan fingerprint density at radius 2 is 1.74 bits per heavy atom. The highest BCUT2D eigenvalue weighted by atomic mass is 16.1. The lowest BCUT2D eigenvalue weighted by Crippen LogP contribution is -2.66. The molecule has 0 spiro atoms. The molecule has 4 heteroatoms. The minimum Gasteiger partial charge on any atom is -0.355 e.